The summed E-state index contributed by atoms with van der Waals surface area (Å²) in [6.45, 7) is 0. The van der Waals surface area contributed by atoms with Crippen molar-refractivity contribution < 1.29 is 31.4 Å². The maximum Gasteiger partial charge on any atom is 0.416 e. The molecule has 132 valence electrons. The van der Waals surface area contributed by atoms with Gasteiger partial charge in [-0.05, 0) is 6.42 Å². The molecule has 1 heterocycles. The van der Waals surface area contributed by atoms with E-state index in [1.807, 2.05) is 0 Å². The molecule has 2 rings (SSSR count). The molecule has 9 nitrogen and oxygen atoms in total. The van der Waals surface area contributed by atoms with Gasteiger partial charge < -0.3 is 5.32 Å². The fourth-order valence-corrected chi connectivity index (χ4v) is 4.00. The highest BCUT2D eigenvalue weighted by molar-refractivity contribution is 7.91. The number of nitro groups is 2. The second-order valence-corrected chi connectivity index (χ2v) is 7.37. The summed E-state index contributed by atoms with van der Waals surface area (Å²) < 4.78 is 61.1. The molecule has 0 radical (unpaired) electrons. The smallest absolute Gasteiger partial charge is 0.370 e. The number of hydrogen-bond donors (Lipinski definition) is 1. The molecule has 0 bridgehead atoms. The summed E-state index contributed by atoms with van der Waals surface area (Å²) in [6.07, 6.45) is -4.97. The number of hydrogen-bond acceptors (Lipinski definition) is 7. The van der Waals surface area contributed by atoms with Crippen LogP contribution in [0.4, 0.5) is 30.2 Å². The van der Waals surface area contributed by atoms with Crippen molar-refractivity contribution in [1.29, 1.82) is 0 Å². The molecule has 1 aromatic carbocycles. The Labute approximate surface area is 132 Å². The second kappa shape index (κ2) is 5.89. The highest BCUT2D eigenvalue weighted by Gasteiger charge is 2.39. The molecule has 0 aromatic heterocycles. The minimum Gasteiger partial charge on any atom is -0.370 e. The van der Waals surface area contributed by atoms with E-state index < -0.39 is 60.3 Å². The van der Waals surface area contributed by atoms with Gasteiger partial charge in [-0.2, -0.15) is 13.2 Å². The van der Waals surface area contributed by atoms with Crippen molar-refractivity contribution >= 4 is 26.9 Å². The summed E-state index contributed by atoms with van der Waals surface area (Å²) in [4.78, 5) is 19.7. The number of anilines is 1. The predicted octanol–water partition coefficient (Wildman–Crippen LogP) is 2.12. The summed E-state index contributed by atoms with van der Waals surface area (Å²) in [5, 5.41) is 24.4. The monoisotopic (exact) mass is 369 g/mol. The van der Waals surface area contributed by atoms with Gasteiger partial charge >= 0.3 is 6.18 Å². The highest BCUT2D eigenvalue weighted by Crippen LogP contribution is 2.41. The minimum atomic E-state index is -5.01. The van der Waals surface area contributed by atoms with Crippen LogP contribution in [0.15, 0.2) is 12.1 Å². The molecule has 1 fully saturated rings. The number of nitrogens with zero attached hydrogens (tertiary/aromatic N) is 2. The molecule has 1 aliphatic rings. The van der Waals surface area contributed by atoms with E-state index in [0.717, 1.165) is 0 Å². The van der Waals surface area contributed by atoms with E-state index in [1.54, 1.807) is 0 Å². The summed E-state index contributed by atoms with van der Waals surface area (Å²) >= 11 is 0. The zero-order chi connectivity index (χ0) is 18.3. The van der Waals surface area contributed by atoms with Crippen LogP contribution < -0.4 is 5.32 Å². The molecule has 1 saturated heterocycles. The van der Waals surface area contributed by atoms with E-state index in [0.29, 0.717) is 0 Å². The van der Waals surface area contributed by atoms with E-state index >= 15 is 0 Å². The van der Waals surface area contributed by atoms with Crippen LogP contribution in [-0.2, 0) is 16.0 Å². The quantitative estimate of drug-likeness (QED) is 0.635. The lowest BCUT2D eigenvalue weighted by Gasteiger charge is -2.14. The minimum absolute atomic E-state index is 0.0393. The summed E-state index contributed by atoms with van der Waals surface area (Å²) in [7, 11) is -3.40. The molecule has 0 aliphatic carbocycles. The lowest BCUT2D eigenvalue weighted by molar-refractivity contribution is -0.392. The van der Waals surface area contributed by atoms with E-state index in [9.17, 15) is 41.8 Å². The van der Waals surface area contributed by atoms with E-state index in [1.165, 1.54) is 0 Å². The first-order valence-corrected chi connectivity index (χ1v) is 8.24. The Morgan fingerprint density at radius 3 is 1.96 bits per heavy atom. The Kier molecular flexibility index (Phi) is 4.39. The third kappa shape index (κ3) is 3.72. The van der Waals surface area contributed by atoms with Crippen molar-refractivity contribution in [3.05, 3.63) is 37.9 Å². The van der Waals surface area contributed by atoms with E-state index in [-0.39, 0.29) is 24.3 Å². The summed E-state index contributed by atoms with van der Waals surface area (Å²) in [6, 6.07) is -0.499. The first-order chi connectivity index (χ1) is 10.9. The van der Waals surface area contributed by atoms with Gasteiger partial charge in [-0.3, -0.25) is 20.2 Å². The Morgan fingerprint density at radius 1 is 1.12 bits per heavy atom. The molecule has 24 heavy (non-hydrogen) atoms. The molecule has 13 heteroatoms. The number of alkyl halides is 3. The maximum atomic E-state index is 12.8. The van der Waals surface area contributed by atoms with Gasteiger partial charge in [-0.25, -0.2) is 8.42 Å². The SMILES string of the molecule is O=[N+]([O-])c1cc(C(F)(F)F)cc([N+](=O)[O-])c1NC1CCS(=O)(=O)C1. The van der Waals surface area contributed by atoms with Crippen molar-refractivity contribution in [3.8, 4) is 0 Å². The van der Waals surface area contributed by atoms with Crippen LogP contribution in [0.25, 0.3) is 0 Å². The third-order valence-corrected chi connectivity index (χ3v) is 5.17. The first kappa shape index (κ1) is 17.9. The number of halogens is 3. The largest absolute Gasteiger partial charge is 0.416 e. The topological polar surface area (TPSA) is 132 Å². The van der Waals surface area contributed by atoms with Gasteiger partial charge in [0.25, 0.3) is 11.4 Å². The maximum absolute atomic E-state index is 12.8. The van der Waals surface area contributed by atoms with Gasteiger partial charge in [0.1, 0.15) is 0 Å². The molecule has 0 amide bonds. The zero-order valence-electron chi connectivity index (χ0n) is 11.7. The van der Waals surface area contributed by atoms with Crippen LogP contribution in [-0.4, -0.2) is 35.8 Å². The molecular formula is C11H10F3N3O6S. The lowest BCUT2D eigenvalue weighted by Crippen LogP contribution is -2.22. The van der Waals surface area contributed by atoms with Gasteiger partial charge in [0.05, 0.1) is 26.9 Å². The van der Waals surface area contributed by atoms with Crippen LogP contribution in [0, 0.1) is 20.2 Å². The summed E-state index contributed by atoms with van der Waals surface area (Å²) in [5.74, 6) is -0.630. The number of benzene rings is 1. The Balaban J connectivity index is 2.56. The Morgan fingerprint density at radius 2 is 1.62 bits per heavy atom. The zero-order valence-corrected chi connectivity index (χ0v) is 12.6. The molecule has 1 unspecified atom stereocenters. The van der Waals surface area contributed by atoms with Crippen LogP contribution in [0.5, 0.6) is 0 Å². The standard InChI is InChI=1S/C11H10F3N3O6S/c12-11(13,14)6-3-8(16(18)19)10(9(4-6)17(20)21)15-7-1-2-24(22,23)5-7/h3-4,7,15H,1-2,5H2. The van der Waals surface area contributed by atoms with Crippen LogP contribution in [0.3, 0.4) is 0 Å². The molecule has 1 aliphatic heterocycles. The van der Waals surface area contributed by atoms with Crippen molar-refractivity contribution in [2.75, 3.05) is 16.8 Å². The van der Waals surface area contributed by atoms with Crippen LogP contribution in [0.1, 0.15) is 12.0 Å². The van der Waals surface area contributed by atoms with Gasteiger partial charge in [-0.1, -0.05) is 0 Å². The third-order valence-electron chi connectivity index (χ3n) is 3.40. The normalized spacial score (nSPS) is 19.9. The average molecular weight is 369 g/mol. The Bertz CT molecular complexity index is 773. The Hall–Kier alpha value is -2.44. The number of rotatable bonds is 4. The molecule has 1 N–H and O–H groups in total. The number of nitro benzene ring substituents is 2. The average Bonchev–Trinajstić information content (AvgIpc) is 2.76. The lowest BCUT2D eigenvalue weighted by atomic mass is 10.1. The molecule has 0 saturated carbocycles. The highest BCUT2D eigenvalue weighted by atomic mass is 32.2. The molecule has 0 spiro atoms. The van der Waals surface area contributed by atoms with Gasteiger partial charge in [0.15, 0.2) is 15.5 Å². The molecular weight excluding hydrogens is 359 g/mol. The van der Waals surface area contributed by atoms with Gasteiger partial charge in [0.2, 0.25) is 0 Å². The fourth-order valence-electron chi connectivity index (χ4n) is 2.32. The first-order valence-electron chi connectivity index (χ1n) is 6.42. The van der Waals surface area contributed by atoms with E-state index in [4.69, 9.17) is 0 Å². The van der Waals surface area contributed by atoms with Crippen LogP contribution in [0.2, 0.25) is 0 Å². The van der Waals surface area contributed by atoms with Crippen LogP contribution >= 0.6 is 0 Å². The van der Waals surface area contributed by atoms with Crippen molar-refractivity contribution in [2.24, 2.45) is 0 Å². The van der Waals surface area contributed by atoms with Gasteiger partial charge in [0, 0.05) is 18.2 Å². The molecule has 1 aromatic rings. The fraction of sp³-hybridized carbons (Fsp3) is 0.455. The van der Waals surface area contributed by atoms with E-state index in [2.05, 4.69) is 5.32 Å². The molecule has 1 atom stereocenters. The second-order valence-electron chi connectivity index (χ2n) is 5.15. The van der Waals surface area contributed by atoms with Gasteiger partial charge in [-0.15, -0.1) is 0 Å². The van der Waals surface area contributed by atoms with Crippen molar-refractivity contribution in [3.63, 3.8) is 0 Å². The van der Waals surface area contributed by atoms with Crippen molar-refractivity contribution in [1.82, 2.24) is 0 Å². The number of nitrogens with one attached hydrogen (secondary N) is 1. The number of sulfone groups is 1. The van der Waals surface area contributed by atoms with Crippen molar-refractivity contribution in [2.45, 2.75) is 18.6 Å². The predicted molar refractivity (Wildman–Crippen MR) is 75.4 cm³/mol. The summed E-state index contributed by atoms with van der Waals surface area (Å²) in [5.41, 5.74) is -4.55.